The van der Waals surface area contributed by atoms with Crippen LogP contribution in [-0.4, -0.2) is 37.0 Å². The minimum atomic E-state index is -5.08. The number of pyridine rings is 1. The highest BCUT2D eigenvalue weighted by atomic mass is 19.4. The average Bonchev–Trinajstić information content (AvgIpc) is 3.47. The molecule has 0 saturated heterocycles. The Balaban J connectivity index is 0.000000472. The molecule has 0 spiro atoms. The molecule has 1 atom stereocenters. The van der Waals surface area contributed by atoms with Crippen molar-refractivity contribution in [2.24, 2.45) is 7.05 Å². The van der Waals surface area contributed by atoms with Crippen molar-refractivity contribution < 1.29 is 27.8 Å². The number of benzene rings is 3. The number of nitrogens with two attached hydrogens (primary N) is 2. The van der Waals surface area contributed by atoms with Crippen molar-refractivity contribution in [2.75, 3.05) is 11.5 Å². The number of fused-ring (bicyclic) bond motifs is 2. The van der Waals surface area contributed by atoms with Gasteiger partial charge in [0.25, 0.3) is 0 Å². The van der Waals surface area contributed by atoms with E-state index in [2.05, 4.69) is 38.1 Å². The van der Waals surface area contributed by atoms with Crippen molar-refractivity contribution in [3.8, 4) is 11.4 Å². The third-order valence-electron chi connectivity index (χ3n) is 7.23. The molecule has 0 aliphatic carbocycles. The number of nitrogen functional groups attached to an aromatic ring is 2. The highest BCUT2D eigenvalue weighted by molar-refractivity contribution is 5.93. The molecular formula is C31H29F3N6O3. The number of rotatable bonds is 4. The lowest BCUT2D eigenvalue weighted by Crippen LogP contribution is -2.21. The quantitative estimate of drug-likeness (QED) is 0.224. The van der Waals surface area contributed by atoms with Crippen molar-refractivity contribution in [3.05, 3.63) is 101 Å². The summed E-state index contributed by atoms with van der Waals surface area (Å²) >= 11 is 0. The maximum Gasteiger partial charge on any atom is 0.490 e. The highest BCUT2D eigenvalue weighted by Gasteiger charge is 2.38. The second-order valence-electron chi connectivity index (χ2n) is 10.6. The second kappa shape index (κ2) is 11.0. The van der Waals surface area contributed by atoms with Crippen LogP contribution in [0.1, 0.15) is 48.0 Å². The molecule has 3 aromatic carbocycles. The molecule has 9 nitrogen and oxygen atoms in total. The van der Waals surface area contributed by atoms with Crippen LogP contribution in [0.2, 0.25) is 0 Å². The van der Waals surface area contributed by atoms with Crippen LogP contribution in [0.3, 0.4) is 0 Å². The summed E-state index contributed by atoms with van der Waals surface area (Å²) in [6.45, 7) is 4.81. The number of ether oxygens (including phenoxy) is 1. The van der Waals surface area contributed by atoms with Crippen molar-refractivity contribution in [1.82, 2.24) is 19.7 Å². The fourth-order valence-corrected chi connectivity index (χ4v) is 5.08. The molecule has 6 rings (SSSR count). The first-order chi connectivity index (χ1) is 20.2. The Kier molecular flexibility index (Phi) is 7.57. The van der Waals surface area contributed by atoms with E-state index in [9.17, 15) is 13.2 Å². The molecule has 0 radical (unpaired) electrons. The zero-order valence-electron chi connectivity index (χ0n) is 23.6. The fraction of sp³-hybridized carbons (Fsp3) is 0.226. The van der Waals surface area contributed by atoms with E-state index in [-0.39, 0.29) is 11.5 Å². The van der Waals surface area contributed by atoms with Crippen LogP contribution >= 0.6 is 0 Å². The molecule has 2 aromatic heterocycles. The molecule has 5 N–H and O–H groups in total. The molecule has 0 fully saturated rings. The normalized spacial score (nSPS) is 14.6. The fourth-order valence-electron chi connectivity index (χ4n) is 5.08. The van der Waals surface area contributed by atoms with Crippen LogP contribution < -0.4 is 11.5 Å². The van der Waals surface area contributed by atoms with Gasteiger partial charge in [0, 0.05) is 23.7 Å². The number of alkyl halides is 3. The van der Waals surface area contributed by atoms with E-state index in [1.54, 1.807) is 0 Å². The second-order valence-corrected chi connectivity index (χ2v) is 10.6. The van der Waals surface area contributed by atoms with Gasteiger partial charge >= 0.3 is 12.1 Å². The minimum absolute atomic E-state index is 0.296. The number of halogens is 3. The van der Waals surface area contributed by atoms with Gasteiger partial charge in [0.1, 0.15) is 11.6 Å². The van der Waals surface area contributed by atoms with E-state index in [1.165, 1.54) is 11.1 Å². The van der Waals surface area contributed by atoms with Gasteiger partial charge in [-0.15, -0.1) is 0 Å². The summed E-state index contributed by atoms with van der Waals surface area (Å²) < 4.78 is 39.6. The maximum atomic E-state index is 10.6. The van der Waals surface area contributed by atoms with Crippen molar-refractivity contribution in [3.63, 3.8) is 0 Å². The standard InChI is InChI=1S/C29H28N6O.C2HF3O2/c1-29(2)23-14-18(9-10-19(23)16-36-29)25(24-15-20-13-21(30)11-12-22(20)26(31)32-24)28-33-27(34-35(28)3)17-7-5-4-6-8-17;3-2(4,5)1(6)7/h4-15,25H,16,30H2,1-3H3,(H2,31,32);(H,6,7). The van der Waals surface area contributed by atoms with E-state index >= 15 is 0 Å². The summed E-state index contributed by atoms with van der Waals surface area (Å²) in [5, 5.41) is 13.7. The van der Waals surface area contributed by atoms with Gasteiger partial charge in [0.05, 0.1) is 23.8 Å². The van der Waals surface area contributed by atoms with Crippen molar-refractivity contribution in [2.45, 2.75) is 38.1 Å². The monoisotopic (exact) mass is 590 g/mol. The van der Waals surface area contributed by atoms with E-state index < -0.39 is 12.1 Å². The minimum Gasteiger partial charge on any atom is -0.475 e. The summed E-state index contributed by atoms with van der Waals surface area (Å²) in [5.74, 6) is -1.15. The lowest BCUT2D eigenvalue weighted by Gasteiger charge is -2.22. The molecule has 43 heavy (non-hydrogen) atoms. The summed E-state index contributed by atoms with van der Waals surface area (Å²) in [4.78, 5) is 18.8. The highest BCUT2D eigenvalue weighted by Crippen LogP contribution is 2.40. The summed E-state index contributed by atoms with van der Waals surface area (Å²) in [6.07, 6.45) is -5.08. The maximum absolute atomic E-state index is 10.6. The predicted molar refractivity (Wildman–Crippen MR) is 156 cm³/mol. The molecular weight excluding hydrogens is 561 g/mol. The Hall–Kier alpha value is -4.97. The molecule has 222 valence electrons. The smallest absolute Gasteiger partial charge is 0.475 e. The van der Waals surface area contributed by atoms with E-state index in [0.29, 0.717) is 23.9 Å². The van der Waals surface area contributed by atoms with Crippen LogP contribution in [0.15, 0.2) is 72.8 Å². The molecule has 3 heterocycles. The van der Waals surface area contributed by atoms with Gasteiger partial charge in [-0.3, -0.25) is 4.68 Å². The molecule has 1 aliphatic heterocycles. The number of anilines is 2. The third kappa shape index (κ3) is 6.00. The summed E-state index contributed by atoms with van der Waals surface area (Å²) in [6, 6.07) is 24.2. The van der Waals surface area contributed by atoms with Gasteiger partial charge in [-0.1, -0.05) is 48.5 Å². The lowest BCUT2D eigenvalue weighted by atomic mass is 9.87. The average molecular weight is 591 g/mol. The Labute approximate surface area is 244 Å². The Morgan fingerprint density at radius 1 is 1.02 bits per heavy atom. The number of aryl methyl sites for hydroxylation is 1. The molecule has 12 heteroatoms. The zero-order valence-corrected chi connectivity index (χ0v) is 23.6. The van der Waals surface area contributed by atoms with Crippen LogP contribution in [0.5, 0.6) is 0 Å². The van der Waals surface area contributed by atoms with E-state index in [0.717, 1.165) is 33.4 Å². The predicted octanol–water partition coefficient (Wildman–Crippen LogP) is 5.77. The number of hydrogen-bond donors (Lipinski definition) is 3. The van der Waals surface area contributed by atoms with Crippen molar-refractivity contribution in [1.29, 1.82) is 0 Å². The van der Waals surface area contributed by atoms with Gasteiger partial charge in [0.15, 0.2) is 5.82 Å². The number of carboxylic acids is 1. The molecule has 0 amide bonds. The summed E-state index contributed by atoms with van der Waals surface area (Å²) in [7, 11) is 1.92. The van der Waals surface area contributed by atoms with Gasteiger partial charge in [-0.05, 0) is 60.2 Å². The van der Waals surface area contributed by atoms with Crippen LogP contribution in [0.4, 0.5) is 24.7 Å². The molecule has 0 bridgehead atoms. The number of carbonyl (C=O) groups is 1. The first kappa shape index (κ1) is 29.5. The van der Waals surface area contributed by atoms with Gasteiger partial charge < -0.3 is 21.3 Å². The van der Waals surface area contributed by atoms with Gasteiger partial charge in [-0.2, -0.15) is 18.3 Å². The van der Waals surface area contributed by atoms with Crippen LogP contribution in [0, 0.1) is 0 Å². The van der Waals surface area contributed by atoms with Gasteiger partial charge in [-0.25, -0.2) is 14.8 Å². The van der Waals surface area contributed by atoms with Crippen LogP contribution in [-0.2, 0) is 28.8 Å². The molecule has 0 saturated carbocycles. The number of aliphatic carboxylic acids is 1. The SMILES string of the molecule is Cn1nc(-c2ccccc2)nc1C(c1ccc2c(c1)C(C)(C)OC2)c1cc2cc(N)ccc2c(N)n1.O=C(O)C(F)(F)F. The molecule has 5 aromatic rings. The molecule has 1 unspecified atom stereocenters. The number of nitrogens with zero attached hydrogens (tertiary/aromatic N) is 4. The summed E-state index contributed by atoms with van der Waals surface area (Å²) in [5.41, 5.74) is 18.0. The Bertz CT molecular complexity index is 1820. The number of aromatic nitrogens is 4. The third-order valence-corrected chi connectivity index (χ3v) is 7.23. The molecule has 1 aliphatic rings. The largest absolute Gasteiger partial charge is 0.490 e. The Morgan fingerprint density at radius 3 is 2.40 bits per heavy atom. The topological polar surface area (TPSA) is 142 Å². The lowest BCUT2D eigenvalue weighted by molar-refractivity contribution is -0.192. The van der Waals surface area contributed by atoms with E-state index in [4.69, 9.17) is 41.2 Å². The number of hydrogen-bond acceptors (Lipinski definition) is 7. The van der Waals surface area contributed by atoms with Crippen molar-refractivity contribution >= 4 is 28.2 Å². The van der Waals surface area contributed by atoms with Crippen LogP contribution in [0.25, 0.3) is 22.2 Å². The van der Waals surface area contributed by atoms with E-state index in [1.807, 2.05) is 60.3 Å². The first-order valence-electron chi connectivity index (χ1n) is 13.2. The Morgan fingerprint density at radius 2 is 1.72 bits per heavy atom. The number of carboxylic acid groups (broad SMARTS) is 1. The van der Waals surface area contributed by atoms with Gasteiger partial charge in [0.2, 0.25) is 0 Å². The zero-order chi connectivity index (χ0) is 31.1. The first-order valence-corrected chi connectivity index (χ1v) is 13.2.